The fourth-order valence-electron chi connectivity index (χ4n) is 4.14. The Labute approximate surface area is 187 Å². The van der Waals surface area contributed by atoms with Gasteiger partial charge in [-0.05, 0) is 41.5 Å². The van der Waals surface area contributed by atoms with Gasteiger partial charge in [0, 0.05) is 44.3 Å². The first kappa shape index (κ1) is 21.3. The van der Waals surface area contributed by atoms with Gasteiger partial charge in [0.1, 0.15) is 5.69 Å². The second-order valence-electron chi connectivity index (χ2n) is 8.03. The number of rotatable bonds is 6. The predicted octanol–water partition coefficient (Wildman–Crippen LogP) is 3.70. The predicted molar refractivity (Wildman–Crippen MR) is 123 cm³/mol. The third-order valence-corrected chi connectivity index (χ3v) is 6.59. The summed E-state index contributed by atoms with van der Waals surface area (Å²) >= 11 is 1.71. The molecular weight excluding hydrogens is 408 g/mol. The van der Waals surface area contributed by atoms with E-state index in [4.69, 9.17) is 0 Å². The van der Waals surface area contributed by atoms with Crippen molar-refractivity contribution in [1.29, 1.82) is 0 Å². The molecule has 7 heteroatoms. The fraction of sp³-hybridized carbons (Fsp3) is 0.375. The lowest BCUT2D eigenvalue weighted by Gasteiger charge is -2.23. The zero-order valence-corrected chi connectivity index (χ0v) is 18.8. The number of hydrogen-bond acceptors (Lipinski definition) is 4. The molecule has 0 spiro atoms. The zero-order valence-electron chi connectivity index (χ0n) is 18.0. The smallest absolute Gasteiger partial charge is 0.274 e. The molecule has 0 radical (unpaired) electrons. The van der Waals surface area contributed by atoms with Crippen molar-refractivity contribution in [3.8, 4) is 10.4 Å². The van der Waals surface area contributed by atoms with Crippen LogP contribution < -0.4 is 0 Å². The molecule has 2 aromatic heterocycles. The van der Waals surface area contributed by atoms with Crippen molar-refractivity contribution >= 4 is 23.2 Å². The first-order valence-electron chi connectivity index (χ1n) is 10.8. The quantitative estimate of drug-likeness (QED) is 0.592. The van der Waals surface area contributed by atoms with Crippen LogP contribution in [0.4, 0.5) is 0 Å². The van der Waals surface area contributed by atoms with Crippen LogP contribution in [-0.4, -0.2) is 57.6 Å². The van der Waals surface area contributed by atoms with E-state index in [1.165, 1.54) is 10.4 Å². The number of aryl methyl sites for hydroxylation is 1. The second kappa shape index (κ2) is 9.47. The number of carbonyl (C=O) groups is 2. The van der Waals surface area contributed by atoms with Crippen LogP contribution in [0.25, 0.3) is 10.4 Å². The average molecular weight is 437 g/mol. The van der Waals surface area contributed by atoms with Crippen molar-refractivity contribution in [2.45, 2.75) is 19.8 Å². The van der Waals surface area contributed by atoms with Gasteiger partial charge < -0.3 is 9.80 Å². The van der Waals surface area contributed by atoms with E-state index in [1.807, 2.05) is 17.0 Å². The summed E-state index contributed by atoms with van der Waals surface area (Å²) in [5, 5.41) is 6.34. The number of nitrogens with zero attached hydrogens (tertiary/aromatic N) is 4. The second-order valence-corrected chi connectivity index (χ2v) is 8.98. The van der Waals surface area contributed by atoms with Crippen molar-refractivity contribution in [3.05, 3.63) is 65.3 Å². The van der Waals surface area contributed by atoms with Crippen LogP contribution in [0.1, 0.15) is 29.4 Å². The summed E-state index contributed by atoms with van der Waals surface area (Å²) in [7, 11) is 1.80. The monoisotopic (exact) mass is 436 g/mol. The molecule has 3 heterocycles. The summed E-state index contributed by atoms with van der Waals surface area (Å²) < 4.78 is 1.63. The van der Waals surface area contributed by atoms with Gasteiger partial charge in [-0.3, -0.25) is 14.3 Å². The van der Waals surface area contributed by atoms with Crippen molar-refractivity contribution in [1.82, 2.24) is 19.6 Å². The number of aromatic nitrogens is 2. The molecule has 0 saturated carbocycles. The highest BCUT2D eigenvalue weighted by Crippen LogP contribution is 2.27. The lowest BCUT2D eigenvalue weighted by molar-refractivity contribution is -0.134. The van der Waals surface area contributed by atoms with E-state index in [0.29, 0.717) is 31.7 Å². The Balaban J connectivity index is 1.57. The first-order chi connectivity index (χ1) is 15.0. The van der Waals surface area contributed by atoms with E-state index in [2.05, 4.69) is 41.7 Å². The number of hydrogen-bond donors (Lipinski definition) is 0. The molecule has 162 valence electrons. The SMILES string of the molecule is CCCN1CCN(C(=O)c2ccn(C)n2)C[C@H](Cc2cccc(-c3cccs3)c2)C1=O. The Morgan fingerprint density at radius 3 is 2.77 bits per heavy atom. The summed E-state index contributed by atoms with van der Waals surface area (Å²) in [6.07, 6.45) is 3.29. The zero-order chi connectivity index (χ0) is 21.8. The highest BCUT2D eigenvalue weighted by Gasteiger charge is 2.33. The standard InChI is InChI=1S/C24H28N4O2S/c1-3-10-27-12-13-28(24(30)21-9-11-26(2)25-21)17-20(23(27)29)16-18-6-4-7-19(15-18)22-8-5-14-31-22/h4-9,11,14-15,20H,3,10,12-13,16-17H2,1-2H3/t20-/m0/s1. The molecule has 6 nitrogen and oxygen atoms in total. The molecule has 0 N–H and O–H groups in total. The van der Waals surface area contributed by atoms with Gasteiger partial charge in [0.15, 0.2) is 0 Å². The van der Waals surface area contributed by atoms with Crippen LogP contribution in [0, 0.1) is 5.92 Å². The number of benzene rings is 1. The Hall–Kier alpha value is -2.93. The molecule has 0 unspecified atom stereocenters. The van der Waals surface area contributed by atoms with Crippen LogP contribution in [-0.2, 0) is 18.3 Å². The Morgan fingerprint density at radius 1 is 1.19 bits per heavy atom. The Morgan fingerprint density at radius 2 is 2.06 bits per heavy atom. The summed E-state index contributed by atoms with van der Waals surface area (Å²) in [5.74, 6) is -0.232. The first-order valence-corrected chi connectivity index (χ1v) is 11.6. The van der Waals surface area contributed by atoms with Crippen molar-refractivity contribution < 1.29 is 9.59 Å². The molecule has 1 aliphatic rings. The average Bonchev–Trinajstić information content (AvgIpc) is 3.43. The topological polar surface area (TPSA) is 58.4 Å². The molecule has 3 aromatic rings. The number of carbonyl (C=O) groups excluding carboxylic acids is 2. The van der Waals surface area contributed by atoms with Gasteiger partial charge >= 0.3 is 0 Å². The number of thiophene rings is 1. The van der Waals surface area contributed by atoms with Crippen LogP contribution in [0.2, 0.25) is 0 Å². The van der Waals surface area contributed by atoms with Gasteiger partial charge in [0.2, 0.25) is 5.91 Å². The molecule has 0 aliphatic carbocycles. The van der Waals surface area contributed by atoms with E-state index in [9.17, 15) is 9.59 Å². The van der Waals surface area contributed by atoms with Gasteiger partial charge in [-0.1, -0.05) is 37.3 Å². The molecule has 1 fully saturated rings. The van der Waals surface area contributed by atoms with Gasteiger partial charge in [0.25, 0.3) is 5.91 Å². The fourth-order valence-corrected chi connectivity index (χ4v) is 4.87. The Bertz CT molecular complexity index is 1040. The molecule has 1 atom stereocenters. The minimum atomic E-state index is -0.264. The third-order valence-electron chi connectivity index (χ3n) is 5.67. The normalized spacial score (nSPS) is 17.1. The molecular formula is C24H28N4O2S. The minimum absolute atomic E-state index is 0.107. The van der Waals surface area contributed by atoms with E-state index in [1.54, 1.807) is 40.2 Å². The van der Waals surface area contributed by atoms with Crippen LogP contribution in [0.15, 0.2) is 54.0 Å². The lowest BCUT2D eigenvalue weighted by Crippen LogP contribution is -2.38. The van der Waals surface area contributed by atoms with Gasteiger partial charge in [-0.2, -0.15) is 5.10 Å². The maximum atomic E-state index is 13.3. The third kappa shape index (κ3) is 4.88. The molecule has 1 saturated heterocycles. The lowest BCUT2D eigenvalue weighted by atomic mass is 9.96. The maximum Gasteiger partial charge on any atom is 0.274 e. The van der Waals surface area contributed by atoms with Crippen LogP contribution in [0.5, 0.6) is 0 Å². The molecule has 1 aliphatic heterocycles. The highest BCUT2D eigenvalue weighted by atomic mass is 32.1. The van der Waals surface area contributed by atoms with E-state index in [-0.39, 0.29) is 17.7 Å². The Kier molecular flexibility index (Phi) is 6.51. The maximum absolute atomic E-state index is 13.3. The molecule has 0 bridgehead atoms. The summed E-state index contributed by atoms with van der Waals surface area (Å²) in [6, 6.07) is 14.3. The number of amides is 2. The highest BCUT2D eigenvalue weighted by molar-refractivity contribution is 7.13. The largest absolute Gasteiger partial charge is 0.341 e. The van der Waals surface area contributed by atoms with Crippen molar-refractivity contribution in [3.63, 3.8) is 0 Å². The van der Waals surface area contributed by atoms with E-state index in [0.717, 1.165) is 18.5 Å². The van der Waals surface area contributed by atoms with Crippen LogP contribution in [0.3, 0.4) is 0 Å². The van der Waals surface area contributed by atoms with E-state index < -0.39 is 0 Å². The summed E-state index contributed by atoms with van der Waals surface area (Å²) in [4.78, 5) is 31.3. The minimum Gasteiger partial charge on any atom is -0.341 e. The summed E-state index contributed by atoms with van der Waals surface area (Å²) in [6.45, 7) is 4.31. The van der Waals surface area contributed by atoms with Crippen molar-refractivity contribution in [2.24, 2.45) is 13.0 Å². The van der Waals surface area contributed by atoms with E-state index >= 15 is 0 Å². The molecule has 2 amide bonds. The molecule has 1 aromatic carbocycles. The molecule has 4 rings (SSSR count). The molecule has 31 heavy (non-hydrogen) atoms. The van der Waals surface area contributed by atoms with Gasteiger partial charge in [-0.15, -0.1) is 11.3 Å². The van der Waals surface area contributed by atoms with Crippen LogP contribution >= 0.6 is 11.3 Å². The van der Waals surface area contributed by atoms with Gasteiger partial charge in [0.05, 0.1) is 5.92 Å². The summed E-state index contributed by atoms with van der Waals surface area (Å²) in [5.41, 5.74) is 2.71. The van der Waals surface area contributed by atoms with Crippen molar-refractivity contribution in [2.75, 3.05) is 26.2 Å². The van der Waals surface area contributed by atoms with Gasteiger partial charge in [-0.25, -0.2) is 0 Å².